The summed E-state index contributed by atoms with van der Waals surface area (Å²) in [6.45, 7) is 5.13. The van der Waals surface area contributed by atoms with E-state index in [1.165, 1.54) is 0 Å². The van der Waals surface area contributed by atoms with Crippen LogP contribution in [0.1, 0.15) is 32.7 Å². The number of carbonyl (C=O) groups is 2. The summed E-state index contributed by atoms with van der Waals surface area (Å²) >= 11 is 0. The molecule has 0 atom stereocenters. The number of ether oxygens (including phenoxy) is 2. The average molecular weight is 536 g/mol. The van der Waals surface area contributed by atoms with Gasteiger partial charge in [-0.05, 0) is 64.1 Å². The molecule has 1 fully saturated rings. The van der Waals surface area contributed by atoms with Crippen LogP contribution in [0.15, 0.2) is 72.9 Å². The second-order valence-corrected chi connectivity index (χ2v) is 9.96. The van der Waals surface area contributed by atoms with Gasteiger partial charge in [0, 0.05) is 42.6 Å². The van der Waals surface area contributed by atoms with Gasteiger partial charge in [0.2, 0.25) is 0 Å². The molecule has 1 amide bonds. The molecule has 3 aromatic carbocycles. The Labute approximate surface area is 232 Å². The van der Waals surface area contributed by atoms with Crippen molar-refractivity contribution >= 4 is 23.4 Å². The Morgan fingerprint density at radius 2 is 1.80 bits per heavy atom. The lowest BCUT2D eigenvalue weighted by atomic mass is 9.92. The molecule has 1 aromatic heterocycles. The molecule has 1 aliphatic heterocycles. The van der Waals surface area contributed by atoms with Gasteiger partial charge in [-0.1, -0.05) is 48.5 Å². The minimum atomic E-state index is -1.04. The molecule has 8 heteroatoms. The molecule has 1 aliphatic carbocycles. The monoisotopic (exact) mass is 535 g/mol. The number of carboxylic acids is 1. The molecule has 1 saturated heterocycles. The smallest absolute Gasteiger partial charge is 0.411 e. The van der Waals surface area contributed by atoms with E-state index in [-0.39, 0.29) is 12.3 Å². The fraction of sp³-hybridized carbons (Fsp3) is 0.219. The van der Waals surface area contributed by atoms with Crippen molar-refractivity contribution in [1.82, 2.24) is 4.98 Å². The Morgan fingerprint density at radius 3 is 2.58 bits per heavy atom. The highest BCUT2D eigenvalue weighted by atomic mass is 16.5. The number of morpholine rings is 1. The van der Waals surface area contributed by atoms with Crippen molar-refractivity contribution in [3.05, 3.63) is 101 Å². The molecule has 2 aliphatic rings. The number of amides is 1. The summed E-state index contributed by atoms with van der Waals surface area (Å²) < 4.78 is 10.9. The number of fused-ring (bicyclic) bond motifs is 3. The fourth-order valence-corrected chi connectivity index (χ4v) is 5.53. The number of aromatic nitrogens is 1. The number of rotatable bonds is 6. The molecule has 0 unspecified atom stereocenters. The maximum Gasteiger partial charge on any atom is 0.411 e. The number of aromatic carboxylic acids is 1. The molecular formula is C32H29N3O5. The number of benzene rings is 3. The molecule has 0 saturated carbocycles. The van der Waals surface area contributed by atoms with Crippen molar-refractivity contribution in [3.8, 4) is 22.3 Å². The lowest BCUT2D eigenvalue weighted by molar-refractivity contribution is 0.0689. The number of hydrogen-bond acceptors (Lipinski definition) is 6. The van der Waals surface area contributed by atoms with Gasteiger partial charge in [-0.2, -0.15) is 0 Å². The van der Waals surface area contributed by atoms with Gasteiger partial charge < -0.3 is 19.5 Å². The topological polar surface area (TPSA) is 101 Å². The van der Waals surface area contributed by atoms with E-state index in [1.54, 1.807) is 6.20 Å². The van der Waals surface area contributed by atoms with E-state index in [9.17, 15) is 14.7 Å². The normalized spacial score (nSPS) is 13.9. The minimum Gasteiger partial charge on any atom is -0.477 e. The van der Waals surface area contributed by atoms with Crippen LogP contribution in [0.5, 0.6) is 0 Å². The molecule has 0 spiro atoms. The van der Waals surface area contributed by atoms with Crippen LogP contribution < -0.4 is 10.2 Å². The number of carbonyl (C=O) groups excluding carboxylic acids is 1. The van der Waals surface area contributed by atoms with Gasteiger partial charge in [-0.25, -0.2) is 14.6 Å². The summed E-state index contributed by atoms with van der Waals surface area (Å²) in [7, 11) is 0. The number of nitrogens with zero attached hydrogens (tertiary/aromatic N) is 2. The summed E-state index contributed by atoms with van der Waals surface area (Å²) in [6.07, 6.45) is 1.58. The quantitative estimate of drug-likeness (QED) is 0.279. The second-order valence-electron chi connectivity index (χ2n) is 9.96. The highest BCUT2D eigenvalue weighted by Gasteiger charge is 2.29. The first-order valence-electron chi connectivity index (χ1n) is 13.3. The van der Waals surface area contributed by atoms with Crippen molar-refractivity contribution < 1.29 is 24.2 Å². The Balaban J connectivity index is 1.34. The van der Waals surface area contributed by atoms with E-state index in [4.69, 9.17) is 9.47 Å². The second kappa shape index (κ2) is 10.8. The Bertz CT molecular complexity index is 1600. The number of anilines is 2. The van der Waals surface area contributed by atoms with Crippen molar-refractivity contribution in [2.24, 2.45) is 0 Å². The number of carboxylic acid groups (broad SMARTS) is 1. The van der Waals surface area contributed by atoms with E-state index in [0.29, 0.717) is 30.9 Å². The summed E-state index contributed by atoms with van der Waals surface area (Å²) in [5.41, 5.74) is 8.90. The molecule has 0 bridgehead atoms. The van der Waals surface area contributed by atoms with E-state index in [2.05, 4.69) is 33.4 Å². The van der Waals surface area contributed by atoms with Crippen LogP contribution in [-0.2, 0) is 22.5 Å². The zero-order valence-corrected chi connectivity index (χ0v) is 22.1. The SMILES string of the molecule is Cc1c(NC(=O)OCc2ccccc2)cccc1-c1cnc(C(=O)O)c2c1-c1ccc(N3CCOCC3)cc1C2. The molecule has 8 nitrogen and oxygen atoms in total. The van der Waals surface area contributed by atoms with Gasteiger partial charge in [0.1, 0.15) is 6.61 Å². The molecular weight excluding hydrogens is 506 g/mol. The lowest BCUT2D eigenvalue weighted by Crippen LogP contribution is -2.36. The summed E-state index contributed by atoms with van der Waals surface area (Å²) in [5, 5.41) is 12.8. The van der Waals surface area contributed by atoms with E-state index < -0.39 is 12.1 Å². The van der Waals surface area contributed by atoms with Gasteiger partial charge in [-0.15, -0.1) is 0 Å². The average Bonchev–Trinajstić information content (AvgIpc) is 3.36. The van der Waals surface area contributed by atoms with E-state index >= 15 is 0 Å². The van der Waals surface area contributed by atoms with Gasteiger partial charge in [0.25, 0.3) is 0 Å². The van der Waals surface area contributed by atoms with Crippen LogP contribution in [0.4, 0.5) is 16.2 Å². The third-order valence-corrected chi connectivity index (χ3v) is 7.56. The van der Waals surface area contributed by atoms with Crippen LogP contribution in [0, 0.1) is 6.92 Å². The van der Waals surface area contributed by atoms with Crippen LogP contribution in [0.2, 0.25) is 0 Å². The van der Waals surface area contributed by atoms with Crippen molar-refractivity contribution in [1.29, 1.82) is 0 Å². The Hall–Kier alpha value is -4.69. The van der Waals surface area contributed by atoms with Crippen LogP contribution in [-0.4, -0.2) is 48.5 Å². The van der Waals surface area contributed by atoms with Gasteiger partial charge in [0.15, 0.2) is 5.69 Å². The predicted octanol–water partition coefficient (Wildman–Crippen LogP) is 5.91. The lowest BCUT2D eigenvalue weighted by Gasteiger charge is -2.29. The van der Waals surface area contributed by atoms with Crippen LogP contribution >= 0.6 is 0 Å². The molecule has 202 valence electrons. The van der Waals surface area contributed by atoms with Crippen LogP contribution in [0.25, 0.3) is 22.3 Å². The molecule has 4 aromatic rings. The maximum absolute atomic E-state index is 12.6. The number of nitrogens with one attached hydrogen (secondary N) is 1. The van der Waals surface area contributed by atoms with Gasteiger partial charge in [-0.3, -0.25) is 5.32 Å². The largest absolute Gasteiger partial charge is 0.477 e. The Kier molecular flexibility index (Phi) is 6.92. The molecule has 0 radical (unpaired) electrons. The third kappa shape index (κ3) is 4.89. The molecule has 2 N–H and O–H groups in total. The maximum atomic E-state index is 12.6. The van der Waals surface area contributed by atoms with Crippen molar-refractivity contribution in [2.45, 2.75) is 20.0 Å². The summed E-state index contributed by atoms with van der Waals surface area (Å²) in [6, 6.07) is 21.5. The molecule has 40 heavy (non-hydrogen) atoms. The minimum absolute atomic E-state index is 0.0688. The number of pyridine rings is 1. The molecule has 6 rings (SSSR count). The van der Waals surface area contributed by atoms with Gasteiger partial charge >= 0.3 is 12.1 Å². The summed E-state index contributed by atoms with van der Waals surface area (Å²) in [5.74, 6) is -1.04. The first-order chi connectivity index (χ1) is 19.5. The third-order valence-electron chi connectivity index (χ3n) is 7.56. The summed E-state index contributed by atoms with van der Waals surface area (Å²) in [4.78, 5) is 31.4. The zero-order valence-electron chi connectivity index (χ0n) is 22.1. The highest BCUT2D eigenvalue weighted by molar-refractivity contribution is 5.99. The van der Waals surface area contributed by atoms with Crippen LogP contribution in [0.3, 0.4) is 0 Å². The van der Waals surface area contributed by atoms with Crippen molar-refractivity contribution in [2.75, 3.05) is 36.5 Å². The molecule has 2 heterocycles. The fourth-order valence-electron chi connectivity index (χ4n) is 5.53. The van der Waals surface area contributed by atoms with Gasteiger partial charge in [0.05, 0.1) is 13.2 Å². The van der Waals surface area contributed by atoms with E-state index in [1.807, 2.05) is 55.5 Å². The first kappa shape index (κ1) is 25.6. The predicted molar refractivity (Wildman–Crippen MR) is 153 cm³/mol. The van der Waals surface area contributed by atoms with E-state index in [0.717, 1.165) is 57.7 Å². The highest BCUT2D eigenvalue weighted by Crippen LogP contribution is 2.46. The standard InChI is InChI=1S/C32H29N3O5/c1-20-24(8-5-9-28(20)34-32(38)40-19-21-6-3-2-4-7-21)27-18-33-30(31(36)37)26-17-22-16-23(10-11-25(22)29(26)27)35-12-14-39-15-13-35/h2-11,16,18H,12-15,17,19H2,1H3,(H,34,38)(H,36,37). The zero-order chi connectivity index (χ0) is 27.6. The Morgan fingerprint density at radius 1 is 1.00 bits per heavy atom. The van der Waals surface area contributed by atoms with Crippen molar-refractivity contribution in [3.63, 3.8) is 0 Å². The number of hydrogen-bond donors (Lipinski definition) is 2. The first-order valence-corrected chi connectivity index (χ1v) is 13.3.